The minimum absolute atomic E-state index is 0.110. The smallest absolute Gasteiger partial charge is 0.416 e. The van der Waals surface area contributed by atoms with Crippen molar-refractivity contribution in [3.8, 4) is 16.9 Å². The molecule has 0 saturated heterocycles. The lowest BCUT2D eigenvalue weighted by Crippen LogP contribution is -2.46. The molecule has 11 heteroatoms. The molecule has 40 heavy (non-hydrogen) atoms. The number of benzene rings is 3. The van der Waals surface area contributed by atoms with Gasteiger partial charge in [-0.05, 0) is 65.6 Å². The average molecular weight is 549 g/mol. The van der Waals surface area contributed by atoms with Crippen LogP contribution in [-0.4, -0.2) is 52.0 Å². The molecule has 0 bridgehead atoms. The van der Waals surface area contributed by atoms with Gasteiger partial charge in [0, 0.05) is 11.9 Å². The van der Waals surface area contributed by atoms with Gasteiger partial charge >= 0.3 is 12.1 Å². The number of aromatic nitrogens is 1. The number of carbonyl (C=O) groups is 2. The van der Waals surface area contributed by atoms with Gasteiger partial charge in [0.15, 0.2) is 0 Å². The van der Waals surface area contributed by atoms with Crippen LogP contribution in [0.3, 0.4) is 0 Å². The van der Waals surface area contributed by atoms with Crippen molar-refractivity contribution < 1.29 is 33.0 Å². The quantitative estimate of drug-likeness (QED) is 0.266. The van der Waals surface area contributed by atoms with Gasteiger partial charge in [-0.3, -0.25) is 9.79 Å². The third kappa shape index (κ3) is 5.73. The van der Waals surface area contributed by atoms with Crippen LogP contribution >= 0.6 is 0 Å². The van der Waals surface area contributed by atoms with E-state index in [9.17, 15) is 33.0 Å². The fourth-order valence-corrected chi connectivity index (χ4v) is 4.54. The maximum absolute atomic E-state index is 13.3. The van der Waals surface area contributed by atoms with E-state index in [1.54, 1.807) is 12.1 Å². The first-order valence-corrected chi connectivity index (χ1v) is 12.3. The molecule has 1 aromatic heterocycles. The molecule has 8 nitrogen and oxygen atoms in total. The van der Waals surface area contributed by atoms with Crippen LogP contribution in [0.2, 0.25) is 0 Å². The minimum Gasteiger partial charge on any atom is -0.508 e. The number of phenols is 1. The monoisotopic (exact) mass is 548 g/mol. The first kappa shape index (κ1) is 26.7. The number of carboxylic acids is 1. The molecule has 5 rings (SSSR count). The summed E-state index contributed by atoms with van der Waals surface area (Å²) in [6, 6.07) is 16.3. The Hall–Kier alpha value is -4.93. The topological polar surface area (TPSA) is 124 Å². The molecule has 0 spiro atoms. The van der Waals surface area contributed by atoms with E-state index in [1.807, 2.05) is 0 Å². The van der Waals surface area contributed by atoms with Crippen LogP contribution in [0.15, 0.2) is 77.8 Å². The van der Waals surface area contributed by atoms with Crippen molar-refractivity contribution in [2.45, 2.75) is 18.6 Å². The van der Waals surface area contributed by atoms with E-state index in [1.165, 1.54) is 42.5 Å². The largest absolute Gasteiger partial charge is 0.508 e. The molecule has 2 heterocycles. The number of phenolic OH excluding ortho intramolecular Hbond substituents is 1. The molecule has 0 unspecified atom stereocenters. The number of rotatable bonds is 7. The number of hydrogen-bond acceptors (Lipinski definition) is 6. The number of carboxylic acid groups (broad SMARTS) is 1. The molecule has 204 valence electrons. The lowest BCUT2D eigenvalue weighted by Gasteiger charge is -2.20. The summed E-state index contributed by atoms with van der Waals surface area (Å²) in [5, 5.41) is 25.7. The van der Waals surface area contributed by atoms with Crippen molar-refractivity contribution in [1.82, 2.24) is 15.6 Å². The Balaban J connectivity index is 1.47. The fraction of sp³-hybridized carbons (Fsp3) is 0.172. The van der Waals surface area contributed by atoms with Crippen LogP contribution in [0.1, 0.15) is 32.0 Å². The van der Waals surface area contributed by atoms with Gasteiger partial charge in [0.05, 0.1) is 29.2 Å². The van der Waals surface area contributed by atoms with Gasteiger partial charge in [-0.25, -0.2) is 9.78 Å². The number of halogens is 3. The molecular weight excluding hydrogens is 525 g/mol. The molecule has 4 aromatic rings. The summed E-state index contributed by atoms with van der Waals surface area (Å²) in [5.74, 6) is -1.25. The molecule has 1 aliphatic heterocycles. The van der Waals surface area contributed by atoms with Gasteiger partial charge in [0.25, 0.3) is 5.91 Å². The summed E-state index contributed by atoms with van der Waals surface area (Å²) >= 11 is 0. The summed E-state index contributed by atoms with van der Waals surface area (Å²) in [6.07, 6.45) is -4.17. The second kappa shape index (κ2) is 10.7. The molecule has 0 radical (unpaired) electrons. The second-order valence-corrected chi connectivity index (χ2v) is 9.26. The highest BCUT2D eigenvalue weighted by Gasteiger charge is 2.30. The molecule has 3 aromatic carbocycles. The zero-order valence-electron chi connectivity index (χ0n) is 20.9. The molecular formula is C29H23F3N4O4. The van der Waals surface area contributed by atoms with Gasteiger partial charge in [-0.2, -0.15) is 13.2 Å². The van der Waals surface area contributed by atoms with Crippen LogP contribution in [0.25, 0.3) is 22.0 Å². The number of aliphatic imine (C=N–C) groups is 1. The zero-order chi connectivity index (χ0) is 28.4. The maximum atomic E-state index is 13.3. The minimum atomic E-state index is -4.53. The van der Waals surface area contributed by atoms with Crippen molar-refractivity contribution >= 4 is 28.6 Å². The summed E-state index contributed by atoms with van der Waals surface area (Å²) in [4.78, 5) is 34.2. The van der Waals surface area contributed by atoms with E-state index in [0.717, 1.165) is 23.8 Å². The number of amides is 1. The highest BCUT2D eigenvalue weighted by Crippen LogP contribution is 2.33. The number of alkyl halides is 3. The molecule has 1 atom stereocenters. The third-order valence-electron chi connectivity index (χ3n) is 6.51. The molecule has 0 saturated carbocycles. The Morgan fingerprint density at radius 1 is 1.00 bits per heavy atom. The standard InChI is InChI=1S/C29H23F3N4O4/c30-29(31,32)19-3-1-2-17(13-19)18-6-9-23-21(14-18)22(28(39)40)15-25(35-23)27(38)36-24(26-33-10-11-34-26)12-16-4-7-20(37)8-5-16/h1-9,13-15,24,37H,10-12H2,(H,33,34)(H,36,38)(H,39,40)/t24-/m0/s1. The van der Waals surface area contributed by atoms with Crippen LogP contribution in [-0.2, 0) is 12.6 Å². The highest BCUT2D eigenvalue weighted by molar-refractivity contribution is 6.07. The summed E-state index contributed by atoms with van der Waals surface area (Å²) in [5.41, 5.74) is 0.501. The Bertz CT molecular complexity index is 1640. The number of carbonyl (C=O) groups excluding carboxylic acids is 1. The number of fused-ring (bicyclic) bond motifs is 1. The third-order valence-corrected chi connectivity index (χ3v) is 6.51. The van der Waals surface area contributed by atoms with E-state index < -0.39 is 29.7 Å². The van der Waals surface area contributed by atoms with E-state index in [2.05, 4.69) is 20.6 Å². The van der Waals surface area contributed by atoms with Gasteiger partial charge in [-0.1, -0.05) is 30.3 Å². The Kier molecular flexibility index (Phi) is 7.12. The van der Waals surface area contributed by atoms with E-state index in [4.69, 9.17) is 0 Å². The number of hydrogen-bond donors (Lipinski definition) is 4. The Morgan fingerprint density at radius 2 is 1.75 bits per heavy atom. The molecule has 4 N–H and O–H groups in total. The normalized spacial score (nSPS) is 13.9. The van der Waals surface area contributed by atoms with Gasteiger partial charge in [0.2, 0.25) is 0 Å². The van der Waals surface area contributed by atoms with Crippen molar-refractivity contribution in [1.29, 1.82) is 0 Å². The predicted molar refractivity (Wildman–Crippen MR) is 143 cm³/mol. The number of nitrogens with zero attached hydrogens (tertiary/aromatic N) is 2. The van der Waals surface area contributed by atoms with Crippen LogP contribution in [0, 0.1) is 0 Å². The number of aromatic carboxylic acids is 1. The first-order valence-electron chi connectivity index (χ1n) is 12.3. The maximum Gasteiger partial charge on any atom is 0.416 e. The van der Waals surface area contributed by atoms with Gasteiger partial charge < -0.3 is 20.8 Å². The molecule has 0 aliphatic carbocycles. The summed E-state index contributed by atoms with van der Waals surface area (Å²) in [7, 11) is 0. The zero-order valence-corrected chi connectivity index (χ0v) is 20.9. The Morgan fingerprint density at radius 3 is 2.42 bits per heavy atom. The van der Waals surface area contributed by atoms with E-state index in [0.29, 0.717) is 30.9 Å². The SMILES string of the molecule is O=C(N[C@@H](Cc1ccc(O)cc1)C1=NCCN1)c1cc(C(=O)O)c2cc(-c3cccc(C(F)(F)F)c3)ccc2n1. The number of pyridine rings is 1. The van der Waals surface area contributed by atoms with Crippen LogP contribution in [0.5, 0.6) is 5.75 Å². The van der Waals surface area contributed by atoms with Crippen molar-refractivity contribution in [3.05, 3.63) is 95.2 Å². The lowest BCUT2D eigenvalue weighted by molar-refractivity contribution is -0.137. The molecule has 0 fully saturated rings. The second-order valence-electron chi connectivity index (χ2n) is 9.26. The van der Waals surface area contributed by atoms with E-state index in [-0.39, 0.29) is 33.5 Å². The predicted octanol–water partition coefficient (Wildman–Crippen LogP) is 4.67. The van der Waals surface area contributed by atoms with Crippen molar-refractivity contribution in [2.24, 2.45) is 4.99 Å². The highest BCUT2D eigenvalue weighted by atomic mass is 19.4. The fourth-order valence-electron chi connectivity index (χ4n) is 4.54. The first-order chi connectivity index (χ1) is 19.1. The number of nitrogens with one attached hydrogen (secondary N) is 2. The summed E-state index contributed by atoms with van der Waals surface area (Å²) < 4.78 is 39.6. The number of amidine groups is 1. The van der Waals surface area contributed by atoms with Crippen molar-refractivity contribution in [2.75, 3.05) is 13.1 Å². The van der Waals surface area contributed by atoms with Gasteiger partial charge in [-0.15, -0.1) is 0 Å². The van der Waals surface area contributed by atoms with Gasteiger partial charge in [0.1, 0.15) is 17.3 Å². The number of aromatic hydroxyl groups is 1. The van der Waals surface area contributed by atoms with Crippen LogP contribution in [0.4, 0.5) is 13.2 Å². The van der Waals surface area contributed by atoms with Crippen LogP contribution < -0.4 is 10.6 Å². The molecule has 1 amide bonds. The lowest BCUT2D eigenvalue weighted by atomic mass is 9.98. The van der Waals surface area contributed by atoms with Crippen molar-refractivity contribution in [3.63, 3.8) is 0 Å². The Labute approximate surface area is 226 Å². The average Bonchev–Trinajstić information content (AvgIpc) is 3.47. The molecule has 1 aliphatic rings. The summed E-state index contributed by atoms with van der Waals surface area (Å²) in [6.45, 7) is 1.16. The van der Waals surface area contributed by atoms with E-state index >= 15 is 0 Å².